The van der Waals surface area contributed by atoms with Gasteiger partial charge in [0.25, 0.3) is 0 Å². The van der Waals surface area contributed by atoms with Crippen LogP contribution in [0.15, 0.2) is 0 Å². The number of hydrogen-bond donors (Lipinski definition) is 1. The topological polar surface area (TPSA) is 21.3 Å². The number of rotatable bonds is 1. The van der Waals surface area contributed by atoms with Crippen molar-refractivity contribution in [2.24, 2.45) is 5.41 Å². The van der Waals surface area contributed by atoms with Crippen LogP contribution in [-0.4, -0.2) is 31.1 Å². The number of nitrogens with one attached hydrogen (secondary N) is 1. The van der Waals surface area contributed by atoms with Gasteiger partial charge in [0.2, 0.25) is 0 Å². The molecule has 3 heteroatoms. The van der Waals surface area contributed by atoms with Crippen molar-refractivity contribution in [3.05, 3.63) is 0 Å². The van der Waals surface area contributed by atoms with Gasteiger partial charge in [-0.15, -0.1) is 0 Å². The lowest BCUT2D eigenvalue weighted by Crippen LogP contribution is -2.37. The monoisotopic (exact) mass is 233 g/mol. The van der Waals surface area contributed by atoms with Crippen LogP contribution in [-0.2, 0) is 4.74 Å². The molecule has 12 heavy (non-hydrogen) atoms. The Morgan fingerprint density at radius 3 is 2.75 bits per heavy atom. The van der Waals surface area contributed by atoms with Crippen molar-refractivity contribution in [1.29, 1.82) is 0 Å². The van der Waals surface area contributed by atoms with Gasteiger partial charge in [-0.3, -0.25) is 0 Å². The summed E-state index contributed by atoms with van der Waals surface area (Å²) in [6.45, 7) is 3.35. The summed E-state index contributed by atoms with van der Waals surface area (Å²) in [6, 6.07) is 0. The first-order valence-corrected chi connectivity index (χ1v) is 5.85. The second kappa shape index (κ2) is 3.64. The SMILES string of the molecule is BrC[C@H]1CC2(CCNCC2)CO1. The highest BCUT2D eigenvalue weighted by molar-refractivity contribution is 9.09. The van der Waals surface area contributed by atoms with E-state index in [0.29, 0.717) is 11.5 Å². The third kappa shape index (κ3) is 1.68. The fraction of sp³-hybridized carbons (Fsp3) is 1.00. The number of halogens is 1. The Morgan fingerprint density at radius 1 is 1.42 bits per heavy atom. The average Bonchev–Trinajstić information content (AvgIpc) is 2.50. The summed E-state index contributed by atoms with van der Waals surface area (Å²) in [4.78, 5) is 0. The van der Waals surface area contributed by atoms with Gasteiger partial charge in [-0.05, 0) is 37.8 Å². The van der Waals surface area contributed by atoms with E-state index in [0.717, 1.165) is 11.9 Å². The molecule has 0 amide bonds. The lowest BCUT2D eigenvalue weighted by Gasteiger charge is -2.32. The predicted molar refractivity (Wildman–Crippen MR) is 52.7 cm³/mol. The molecule has 0 bridgehead atoms. The summed E-state index contributed by atoms with van der Waals surface area (Å²) in [5, 5.41) is 4.40. The molecule has 2 fully saturated rings. The molecule has 2 aliphatic heterocycles. The Balaban J connectivity index is 1.94. The van der Waals surface area contributed by atoms with Crippen LogP contribution < -0.4 is 5.32 Å². The van der Waals surface area contributed by atoms with E-state index in [1.165, 1.54) is 32.4 Å². The quantitative estimate of drug-likeness (QED) is 0.695. The lowest BCUT2D eigenvalue weighted by atomic mass is 9.77. The molecule has 2 heterocycles. The fourth-order valence-corrected chi connectivity index (χ4v) is 2.72. The summed E-state index contributed by atoms with van der Waals surface area (Å²) in [5.41, 5.74) is 0.531. The minimum atomic E-state index is 0.475. The number of alkyl halides is 1. The minimum Gasteiger partial charge on any atom is -0.377 e. The van der Waals surface area contributed by atoms with E-state index in [4.69, 9.17) is 4.74 Å². The van der Waals surface area contributed by atoms with Crippen LogP contribution in [0.5, 0.6) is 0 Å². The van der Waals surface area contributed by atoms with Crippen molar-refractivity contribution < 1.29 is 4.74 Å². The molecule has 2 saturated heterocycles. The average molecular weight is 234 g/mol. The summed E-state index contributed by atoms with van der Waals surface area (Å²) >= 11 is 3.49. The van der Waals surface area contributed by atoms with Gasteiger partial charge in [-0.25, -0.2) is 0 Å². The molecule has 0 unspecified atom stereocenters. The molecule has 0 saturated carbocycles. The van der Waals surface area contributed by atoms with Crippen molar-refractivity contribution in [2.45, 2.75) is 25.4 Å². The first-order chi connectivity index (χ1) is 5.85. The first-order valence-electron chi connectivity index (χ1n) is 4.73. The highest BCUT2D eigenvalue weighted by Crippen LogP contribution is 2.40. The molecule has 0 aliphatic carbocycles. The molecular formula is C9H16BrNO. The third-order valence-electron chi connectivity index (χ3n) is 3.12. The van der Waals surface area contributed by atoms with Gasteiger partial charge < -0.3 is 10.1 Å². The zero-order valence-electron chi connectivity index (χ0n) is 7.31. The summed E-state index contributed by atoms with van der Waals surface area (Å²) < 4.78 is 5.72. The van der Waals surface area contributed by atoms with Gasteiger partial charge in [0.15, 0.2) is 0 Å². The number of ether oxygens (including phenoxy) is 1. The Hall–Kier alpha value is 0.400. The molecule has 0 radical (unpaired) electrons. The van der Waals surface area contributed by atoms with Crippen LogP contribution in [0.3, 0.4) is 0 Å². The zero-order chi connectivity index (χ0) is 8.44. The smallest absolute Gasteiger partial charge is 0.0678 e. The molecule has 2 nitrogen and oxygen atoms in total. The van der Waals surface area contributed by atoms with Gasteiger partial charge in [0.05, 0.1) is 12.7 Å². The Kier molecular flexibility index (Phi) is 2.72. The minimum absolute atomic E-state index is 0.475. The maximum absolute atomic E-state index is 5.72. The van der Waals surface area contributed by atoms with Crippen LogP contribution in [0.4, 0.5) is 0 Å². The second-order valence-electron chi connectivity index (χ2n) is 4.04. The molecule has 0 aromatic carbocycles. The third-order valence-corrected chi connectivity index (χ3v) is 3.84. The maximum atomic E-state index is 5.72. The van der Waals surface area contributed by atoms with Gasteiger partial charge >= 0.3 is 0 Å². The van der Waals surface area contributed by atoms with E-state index >= 15 is 0 Å². The molecule has 2 aliphatic rings. The van der Waals surface area contributed by atoms with E-state index in [1.807, 2.05) is 0 Å². The standard InChI is InChI=1S/C9H16BrNO/c10-6-8-5-9(7-12-8)1-3-11-4-2-9/h8,11H,1-7H2/t8-/m1/s1. The van der Waals surface area contributed by atoms with E-state index in [9.17, 15) is 0 Å². The molecule has 0 aromatic rings. The van der Waals surface area contributed by atoms with Crippen LogP contribution in [0.25, 0.3) is 0 Å². The number of hydrogen-bond acceptors (Lipinski definition) is 2. The Morgan fingerprint density at radius 2 is 2.17 bits per heavy atom. The fourth-order valence-electron chi connectivity index (χ4n) is 2.30. The molecule has 1 atom stereocenters. The van der Waals surface area contributed by atoms with E-state index < -0.39 is 0 Å². The molecular weight excluding hydrogens is 218 g/mol. The van der Waals surface area contributed by atoms with Crippen LogP contribution in [0.2, 0.25) is 0 Å². The van der Waals surface area contributed by atoms with E-state index in [2.05, 4.69) is 21.2 Å². The summed E-state index contributed by atoms with van der Waals surface area (Å²) in [7, 11) is 0. The molecule has 0 aromatic heterocycles. The van der Waals surface area contributed by atoms with Gasteiger partial charge in [0.1, 0.15) is 0 Å². The summed E-state index contributed by atoms with van der Waals surface area (Å²) in [5.74, 6) is 0. The maximum Gasteiger partial charge on any atom is 0.0678 e. The largest absolute Gasteiger partial charge is 0.377 e. The predicted octanol–water partition coefficient (Wildman–Crippen LogP) is 1.54. The van der Waals surface area contributed by atoms with Crippen molar-refractivity contribution in [2.75, 3.05) is 25.0 Å². The molecule has 70 valence electrons. The first kappa shape index (κ1) is 8.97. The highest BCUT2D eigenvalue weighted by Gasteiger charge is 2.40. The molecule has 1 N–H and O–H groups in total. The highest BCUT2D eigenvalue weighted by atomic mass is 79.9. The van der Waals surface area contributed by atoms with Crippen LogP contribution in [0, 0.1) is 5.41 Å². The van der Waals surface area contributed by atoms with E-state index in [1.54, 1.807) is 0 Å². The zero-order valence-corrected chi connectivity index (χ0v) is 8.90. The molecule has 2 rings (SSSR count). The van der Waals surface area contributed by atoms with Gasteiger partial charge in [-0.1, -0.05) is 15.9 Å². The van der Waals surface area contributed by atoms with E-state index in [-0.39, 0.29) is 0 Å². The summed E-state index contributed by atoms with van der Waals surface area (Å²) in [6.07, 6.45) is 4.34. The second-order valence-corrected chi connectivity index (χ2v) is 4.69. The van der Waals surface area contributed by atoms with Gasteiger partial charge in [-0.2, -0.15) is 0 Å². The lowest BCUT2D eigenvalue weighted by molar-refractivity contribution is 0.0977. The van der Waals surface area contributed by atoms with Crippen LogP contribution >= 0.6 is 15.9 Å². The Bertz CT molecular complexity index is 157. The van der Waals surface area contributed by atoms with Crippen LogP contribution in [0.1, 0.15) is 19.3 Å². The Labute approximate surface area is 82.2 Å². The van der Waals surface area contributed by atoms with Gasteiger partial charge in [0, 0.05) is 5.33 Å². The van der Waals surface area contributed by atoms with Crippen molar-refractivity contribution >= 4 is 15.9 Å². The molecule has 1 spiro atoms. The van der Waals surface area contributed by atoms with Crippen molar-refractivity contribution in [3.63, 3.8) is 0 Å². The normalized spacial score (nSPS) is 34.2. The van der Waals surface area contributed by atoms with Crippen molar-refractivity contribution in [3.8, 4) is 0 Å². The number of piperidine rings is 1. The van der Waals surface area contributed by atoms with Crippen molar-refractivity contribution in [1.82, 2.24) is 5.32 Å².